The van der Waals surface area contributed by atoms with Gasteiger partial charge in [0.1, 0.15) is 23.2 Å². The van der Waals surface area contributed by atoms with Gasteiger partial charge in [0, 0.05) is 23.9 Å². The number of ether oxygens (including phenoxy) is 1. The first-order chi connectivity index (χ1) is 14.4. The second-order valence-corrected chi connectivity index (χ2v) is 6.81. The molecule has 0 saturated carbocycles. The Hall–Kier alpha value is -4.32. The van der Waals surface area contributed by atoms with Crippen LogP contribution >= 0.6 is 0 Å². The average molecular weight is 404 g/mol. The van der Waals surface area contributed by atoms with Gasteiger partial charge in [-0.1, -0.05) is 12.1 Å². The van der Waals surface area contributed by atoms with E-state index in [1.807, 2.05) is 6.07 Å². The molecule has 3 aromatic rings. The number of nitrogens with two attached hydrogens (primary N) is 1. The van der Waals surface area contributed by atoms with Crippen molar-refractivity contribution in [1.82, 2.24) is 4.57 Å². The summed E-state index contributed by atoms with van der Waals surface area (Å²) in [6.07, 6.45) is 1.52. The van der Waals surface area contributed by atoms with Gasteiger partial charge in [-0.2, -0.15) is 5.26 Å². The number of benzene rings is 1. The highest BCUT2D eigenvalue weighted by molar-refractivity contribution is 5.56. The Bertz CT molecular complexity index is 1260. The number of hydrogen-bond donors (Lipinski definition) is 1. The molecular weight excluding hydrogens is 388 g/mol. The molecule has 2 N–H and O–H groups in total. The number of aryl methyl sites for hydroxylation is 1. The van der Waals surface area contributed by atoms with E-state index in [9.17, 15) is 20.2 Å². The summed E-state index contributed by atoms with van der Waals surface area (Å²) in [5, 5.41) is 20.7. The molecule has 30 heavy (non-hydrogen) atoms. The van der Waals surface area contributed by atoms with E-state index in [1.54, 1.807) is 25.1 Å². The number of nitro groups is 1. The zero-order chi connectivity index (χ0) is 21.4. The highest BCUT2D eigenvalue weighted by Crippen LogP contribution is 2.40. The predicted molar refractivity (Wildman–Crippen MR) is 106 cm³/mol. The smallest absolute Gasteiger partial charge is 0.269 e. The third-order valence-electron chi connectivity index (χ3n) is 5.02. The van der Waals surface area contributed by atoms with Crippen LogP contribution < -0.4 is 16.0 Å². The fraction of sp³-hybridized carbons (Fsp3) is 0.143. The van der Waals surface area contributed by atoms with Crippen LogP contribution in [0.3, 0.4) is 0 Å². The topological polar surface area (TPSA) is 137 Å². The van der Waals surface area contributed by atoms with E-state index in [4.69, 9.17) is 14.9 Å². The first-order valence-corrected chi connectivity index (χ1v) is 8.99. The number of nitrogens with zero attached hydrogens (tertiary/aromatic N) is 3. The van der Waals surface area contributed by atoms with Gasteiger partial charge in [-0.25, -0.2) is 0 Å². The molecule has 0 fully saturated rings. The number of rotatable bonds is 4. The largest absolute Gasteiger partial charge is 0.467 e. The van der Waals surface area contributed by atoms with Crippen LogP contribution in [0.25, 0.3) is 0 Å². The van der Waals surface area contributed by atoms with Crippen LogP contribution in [0, 0.1) is 28.4 Å². The van der Waals surface area contributed by atoms with Crippen LogP contribution in [0.2, 0.25) is 0 Å². The number of nitro benzene ring substituents is 1. The molecular formula is C21H16N4O5. The maximum absolute atomic E-state index is 13.4. The lowest BCUT2D eigenvalue weighted by Crippen LogP contribution is -2.33. The van der Waals surface area contributed by atoms with E-state index in [1.165, 1.54) is 35.1 Å². The fourth-order valence-electron chi connectivity index (χ4n) is 3.56. The van der Waals surface area contributed by atoms with Gasteiger partial charge in [0.15, 0.2) is 0 Å². The van der Waals surface area contributed by atoms with E-state index in [-0.39, 0.29) is 40.6 Å². The lowest BCUT2D eigenvalue weighted by Gasteiger charge is -2.27. The van der Waals surface area contributed by atoms with Crippen LogP contribution in [0.4, 0.5) is 5.69 Å². The highest BCUT2D eigenvalue weighted by atomic mass is 16.6. The Labute approximate surface area is 170 Å². The second-order valence-electron chi connectivity index (χ2n) is 6.81. The zero-order valence-corrected chi connectivity index (χ0v) is 15.9. The summed E-state index contributed by atoms with van der Waals surface area (Å²) in [6.45, 7) is 1.97. The summed E-state index contributed by atoms with van der Waals surface area (Å²) in [6, 6.07) is 12.9. The number of fused-ring (bicyclic) bond motifs is 1. The molecule has 9 heteroatoms. The Kier molecular flexibility index (Phi) is 4.60. The Morgan fingerprint density at radius 3 is 2.63 bits per heavy atom. The Balaban J connectivity index is 1.91. The van der Waals surface area contributed by atoms with E-state index in [2.05, 4.69) is 0 Å². The summed E-state index contributed by atoms with van der Waals surface area (Å²) in [5.74, 6) is -0.0567. The molecule has 4 rings (SSSR count). The van der Waals surface area contributed by atoms with E-state index < -0.39 is 10.8 Å². The molecule has 0 bridgehead atoms. The van der Waals surface area contributed by atoms with Gasteiger partial charge in [-0.3, -0.25) is 14.9 Å². The maximum atomic E-state index is 13.4. The molecule has 0 spiro atoms. The molecule has 0 radical (unpaired) electrons. The minimum Gasteiger partial charge on any atom is -0.467 e. The molecule has 1 atom stereocenters. The summed E-state index contributed by atoms with van der Waals surface area (Å²) in [4.78, 5) is 23.9. The van der Waals surface area contributed by atoms with Crippen molar-refractivity contribution in [1.29, 1.82) is 5.26 Å². The lowest BCUT2D eigenvalue weighted by atomic mass is 9.84. The molecule has 1 aromatic carbocycles. The van der Waals surface area contributed by atoms with Crippen molar-refractivity contribution in [3.05, 3.63) is 103 Å². The third-order valence-corrected chi connectivity index (χ3v) is 5.02. The van der Waals surface area contributed by atoms with Crippen LogP contribution in [-0.2, 0) is 6.54 Å². The van der Waals surface area contributed by atoms with Gasteiger partial charge >= 0.3 is 0 Å². The lowest BCUT2D eigenvalue weighted by molar-refractivity contribution is -0.384. The maximum Gasteiger partial charge on any atom is 0.269 e. The number of non-ortho nitro benzene ring substituents is 1. The predicted octanol–water partition coefficient (Wildman–Crippen LogP) is 2.92. The van der Waals surface area contributed by atoms with Crippen molar-refractivity contribution in [2.75, 3.05) is 0 Å². The minimum absolute atomic E-state index is 0.0712. The molecule has 9 nitrogen and oxygen atoms in total. The van der Waals surface area contributed by atoms with Gasteiger partial charge in [0.2, 0.25) is 5.88 Å². The van der Waals surface area contributed by atoms with Crippen LogP contribution in [0.15, 0.2) is 69.4 Å². The number of hydrogen-bond acceptors (Lipinski definition) is 7. The standard InChI is InChI=1S/C21H16N4O5/c1-12-9-17-19(21(26)24(12)11-15-3-2-8-29-15)18(16(10-22)20(23)30-17)13-4-6-14(7-5-13)25(27)28/h2-9,18H,11,23H2,1H3/t18-/m0/s1. The molecule has 0 unspecified atom stereocenters. The molecule has 0 saturated heterocycles. The first kappa shape index (κ1) is 19.0. The van der Waals surface area contributed by atoms with E-state index >= 15 is 0 Å². The minimum atomic E-state index is -0.810. The van der Waals surface area contributed by atoms with Crippen LogP contribution in [0.5, 0.6) is 5.75 Å². The van der Waals surface area contributed by atoms with Crippen molar-refractivity contribution in [3.63, 3.8) is 0 Å². The molecule has 0 aliphatic carbocycles. The molecule has 1 aliphatic rings. The van der Waals surface area contributed by atoms with Gasteiger partial charge in [-0.05, 0) is 24.6 Å². The average Bonchev–Trinajstić information content (AvgIpc) is 3.23. The van der Waals surface area contributed by atoms with Crippen molar-refractivity contribution in [2.24, 2.45) is 5.73 Å². The number of allylic oxidation sites excluding steroid dienone is 1. The molecule has 0 amide bonds. The SMILES string of the molecule is Cc1cc2c(c(=O)n1Cc1ccco1)[C@@H](c1ccc([N+](=O)[O-])cc1)C(C#N)=C(N)O2. The number of pyridine rings is 1. The molecule has 3 heterocycles. The van der Waals surface area contributed by atoms with Crippen molar-refractivity contribution < 1.29 is 14.1 Å². The van der Waals surface area contributed by atoms with Gasteiger partial charge in [0.05, 0.1) is 29.2 Å². The van der Waals surface area contributed by atoms with Crippen molar-refractivity contribution in [3.8, 4) is 11.8 Å². The van der Waals surface area contributed by atoms with Crippen LogP contribution in [0.1, 0.15) is 28.5 Å². The fourth-order valence-corrected chi connectivity index (χ4v) is 3.56. The third kappa shape index (κ3) is 3.10. The first-order valence-electron chi connectivity index (χ1n) is 8.99. The number of aromatic nitrogens is 1. The number of furan rings is 1. The summed E-state index contributed by atoms with van der Waals surface area (Å²) < 4.78 is 12.5. The van der Waals surface area contributed by atoms with Gasteiger partial charge < -0.3 is 19.5 Å². The normalized spacial score (nSPS) is 15.3. The Morgan fingerprint density at radius 1 is 1.30 bits per heavy atom. The van der Waals surface area contributed by atoms with Gasteiger partial charge in [-0.15, -0.1) is 0 Å². The highest BCUT2D eigenvalue weighted by Gasteiger charge is 2.34. The van der Waals surface area contributed by atoms with Crippen LogP contribution in [-0.4, -0.2) is 9.49 Å². The van der Waals surface area contributed by atoms with Crippen molar-refractivity contribution in [2.45, 2.75) is 19.4 Å². The molecule has 150 valence electrons. The monoisotopic (exact) mass is 404 g/mol. The van der Waals surface area contributed by atoms with Gasteiger partial charge in [0.25, 0.3) is 11.2 Å². The summed E-state index contributed by atoms with van der Waals surface area (Å²) >= 11 is 0. The second kappa shape index (κ2) is 7.25. The molecule has 1 aliphatic heterocycles. The summed E-state index contributed by atoms with van der Waals surface area (Å²) in [7, 11) is 0. The van der Waals surface area contributed by atoms with E-state index in [0.717, 1.165) is 0 Å². The van der Waals surface area contributed by atoms with E-state index in [0.29, 0.717) is 17.0 Å². The quantitative estimate of drug-likeness (QED) is 0.521. The Morgan fingerprint density at radius 2 is 2.03 bits per heavy atom. The summed E-state index contributed by atoms with van der Waals surface area (Å²) in [5.41, 5.74) is 6.98. The zero-order valence-electron chi connectivity index (χ0n) is 15.9. The number of nitriles is 1. The van der Waals surface area contributed by atoms with Crippen molar-refractivity contribution >= 4 is 5.69 Å². The molecule has 2 aromatic heterocycles.